The Morgan fingerprint density at radius 3 is 2.18 bits per heavy atom. The fraction of sp³-hybridized carbons (Fsp3) is 0.385. The first kappa shape index (κ1) is 23.6. The molecule has 178 valence electrons. The van der Waals surface area contributed by atoms with Crippen LogP contribution in [-0.4, -0.2) is 37.5 Å². The number of nitrogens with zero attached hydrogens (tertiary/aromatic N) is 3. The minimum atomic E-state index is -0.457. The fourth-order valence-electron chi connectivity index (χ4n) is 5.19. The second-order valence-electron chi connectivity index (χ2n) is 10.3. The molecule has 1 aliphatic heterocycles. The maximum Gasteiger partial charge on any atom is 0.280 e. The van der Waals surface area contributed by atoms with Crippen LogP contribution < -0.4 is 10.9 Å². The molecular formula is C26H31N5O3. The van der Waals surface area contributed by atoms with Crippen LogP contribution in [0.4, 0.5) is 5.69 Å². The van der Waals surface area contributed by atoms with Crippen LogP contribution in [0.5, 0.6) is 0 Å². The molecule has 1 aliphatic rings. The van der Waals surface area contributed by atoms with Crippen molar-refractivity contribution in [2.75, 3.05) is 0 Å². The largest absolute Gasteiger partial charge is 0.307 e. The van der Waals surface area contributed by atoms with Gasteiger partial charge in [-0.2, -0.15) is 0 Å². The lowest BCUT2D eigenvalue weighted by Crippen LogP contribution is -2.58. The predicted molar refractivity (Wildman–Crippen MR) is 135 cm³/mol. The average Bonchev–Trinajstić information content (AvgIpc) is 3.09. The molecule has 3 aromatic rings. The quantitative estimate of drug-likeness (QED) is 0.322. The van der Waals surface area contributed by atoms with Crippen molar-refractivity contribution in [3.63, 3.8) is 0 Å². The average molecular weight is 462 g/mol. The van der Waals surface area contributed by atoms with Crippen molar-refractivity contribution in [2.24, 2.45) is 4.99 Å². The zero-order valence-corrected chi connectivity index (χ0v) is 20.3. The Morgan fingerprint density at radius 1 is 1.03 bits per heavy atom. The number of nitro groups is 1. The third kappa shape index (κ3) is 4.87. The van der Waals surface area contributed by atoms with E-state index in [1.54, 1.807) is 12.1 Å². The van der Waals surface area contributed by atoms with Crippen LogP contribution in [0, 0.1) is 10.1 Å². The fourth-order valence-corrected chi connectivity index (χ4v) is 5.19. The van der Waals surface area contributed by atoms with Gasteiger partial charge in [-0.25, -0.2) is 4.68 Å². The summed E-state index contributed by atoms with van der Waals surface area (Å²) in [7, 11) is 0. The Balaban J connectivity index is 1.82. The van der Waals surface area contributed by atoms with E-state index in [4.69, 9.17) is 4.99 Å². The van der Waals surface area contributed by atoms with Gasteiger partial charge in [-0.05, 0) is 59.6 Å². The smallest absolute Gasteiger partial charge is 0.280 e. The Morgan fingerprint density at radius 2 is 1.62 bits per heavy atom. The number of hydrogen-bond acceptors (Lipinski definition) is 5. The van der Waals surface area contributed by atoms with E-state index >= 15 is 0 Å². The van der Waals surface area contributed by atoms with Crippen molar-refractivity contribution < 1.29 is 4.92 Å². The molecule has 0 amide bonds. The molecule has 0 spiro atoms. The summed E-state index contributed by atoms with van der Waals surface area (Å²) in [5.41, 5.74) is 2.88. The van der Waals surface area contributed by atoms with Gasteiger partial charge < -0.3 is 5.32 Å². The number of aromatic nitrogens is 2. The SMILES string of the molecule is CC(=NC1CC(C)(C)NC(C)(C)C1)c1c(-c2ccccc2)[nH]n(-c2ccc([N+](=O)[O-])cc2)c1=O. The van der Waals surface area contributed by atoms with Crippen LogP contribution in [0.1, 0.15) is 53.0 Å². The first-order valence-electron chi connectivity index (χ1n) is 11.5. The van der Waals surface area contributed by atoms with Gasteiger partial charge >= 0.3 is 0 Å². The number of benzene rings is 2. The van der Waals surface area contributed by atoms with Crippen LogP contribution in [0.25, 0.3) is 16.9 Å². The lowest BCUT2D eigenvalue weighted by atomic mass is 9.80. The Hall–Kier alpha value is -3.52. The number of nitrogens with one attached hydrogen (secondary N) is 2. The summed E-state index contributed by atoms with van der Waals surface area (Å²) in [4.78, 5) is 29.2. The van der Waals surface area contributed by atoms with Gasteiger partial charge in [0, 0.05) is 34.5 Å². The maximum absolute atomic E-state index is 13.6. The summed E-state index contributed by atoms with van der Waals surface area (Å²) in [6.07, 6.45) is 1.74. The number of non-ortho nitro benzene ring substituents is 1. The maximum atomic E-state index is 13.6. The molecule has 0 unspecified atom stereocenters. The van der Waals surface area contributed by atoms with E-state index in [-0.39, 0.29) is 28.4 Å². The third-order valence-corrected chi connectivity index (χ3v) is 6.18. The molecule has 34 heavy (non-hydrogen) atoms. The third-order valence-electron chi connectivity index (χ3n) is 6.18. The number of piperidine rings is 1. The molecule has 1 saturated heterocycles. The number of aromatic amines is 1. The highest BCUT2D eigenvalue weighted by atomic mass is 16.6. The van der Waals surface area contributed by atoms with Gasteiger partial charge in [0.05, 0.1) is 27.9 Å². The minimum absolute atomic E-state index is 0.0271. The van der Waals surface area contributed by atoms with Gasteiger partial charge in [0.1, 0.15) is 0 Å². The van der Waals surface area contributed by atoms with Crippen LogP contribution >= 0.6 is 0 Å². The summed E-state index contributed by atoms with van der Waals surface area (Å²) < 4.78 is 1.43. The summed E-state index contributed by atoms with van der Waals surface area (Å²) in [5.74, 6) is 0. The second-order valence-corrected chi connectivity index (χ2v) is 10.3. The second kappa shape index (κ2) is 8.68. The van der Waals surface area contributed by atoms with Gasteiger partial charge in [0.15, 0.2) is 0 Å². The molecular weight excluding hydrogens is 430 g/mol. The molecule has 0 atom stereocenters. The van der Waals surface area contributed by atoms with Crippen molar-refractivity contribution in [2.45, 2.75) is 64.6 Å². The highest BCUT2D eigenvalue weighted by Gasteiger charge is 2.37. The Kier molecular flexibility index (Phi) is 6.03. The standard InChI is InChI=1S/C26H31N5O3/c1-17(27-19-15-25(2,3)29-26(4,5)16-19)22-23(18-9-7-6-8-10-18)28-30(24(22)32)20-11-13-21(14-12-20)31(33)34/h6-14,19,28-29H,15-16H2,1-5H3. The predicted octanol–water partition coefficient (Wildman–Crippen LogP) is 4.86. The molecule has 2 aromatic carbocycles. The molecule has 8 heteroatoms. The van der Waals surface area contributed by atoms with E-state index in [9.17, 15) is 14.9 Å². The van der Waals surface area contributed by atoms with Gasteiger partial charge in [0.2, 0.25) is 0 Å². The van der Waals surface area contributed by atoms with Gasteiger partial charge in [-0.1, -0.05) is 30.3 Å². The molecule has 1 aromatic heterocycles. The normalized spacial score (nSPS) is 18.1. The van der Waals surface area contributed by atoms with E-state index < -0.39 is 4.92 Å². The topological polar surface area (TPSA) is 105 Å². The first-order chi connectivity index (χ1) is 16.0. The first-order valence-corrected chi connectivity index (χ1v) is 11.5. The lowest BCUT2D eigenvalue weighted by Gasteiger charge is -2.45. The zero-order valence-electron chi connectivity index (χ0n) is 20.3. The monoisotopic (exact) mass is 461 g/mol. The highest BCUT2D eigenvalue weighted by molar-refractivity contribution is 6.03. The summed E-state index contributed by atoms with van der Waals surface area (Å²) in [5, 5.41) is 17.9. The minimum Gasteiger partial charge on any atom is -0.307 e. The number of H-pyrrole nitrogens is 1. The van der Waals surface area contributed by atoms with E-state index in [2.05, 4.69) is 38.1 Å². The number of aliphatic imine (C=N–C) groups is 1. The van der Waals surface area contributed by atoms with Crippen molar-refractivity contribution in [3.8, 4) is 16.9 Å². The molecule has 0 saturated carbocycles. The molecule has 0 aliphatic carbocycles. The van der Waals surface area contributed by atoms with Crippen molar-refractivity contribution in [1.82, 2.24) is 15.1 Å². The van der Waals surface area contributed by atoms with Crippen molar-refractivity contribution >= 4 is 11.4 Å². The van der Waals surface area contributed by atoms with Gasteiger partial charge in [0.25, 0.3) is 11.2 Å². The highest BCUT2D eigenvalue weighted by Crippen LogP contribution is 2.31. The molecule has 0 bridgehead atoms. The summed E-state index contributed by atoms with van der Waals surface area (Å²) in [6, 6.07) is 15.7. The molecule has 2 heterocycles. The number of nitro benzene ring substituents is 1. The van der Waals surface area contributed by atoms with E-state index in [1.165, 1.54) is 16.8 Å². The number of rotatable bonds is 5. The van der Waals surface area contributed by atoms with E-state index in [0.29, 0.717) is 22.7 Å². The van der Waals surface area contributed by atoms with Crippen LogP contribution in [-0.2, 0) is 0 Å². The molecule has 0 radical (unpaired) electrons. The van der Waals surface area contributed by atoms with Crippen molar-refractivity contribution in [1.29, 1.82) is 0 Å². The molecule has 2 N–H and O–H groups in total. The van der Waals surface area contributed by atoms with Gasteiger partial charge in [-0.15, -0.1) is 0 Å². The van der Waals surface area contributed by atoms with Crippen molar-refractivity contribution in [3.05, 3.63) is 80.6 Å². The molecule has 8 nitrogen and oxygen atoms in total. The summed E-state index contributed by atoms with van der Waals surface area (Å²) >= 11 is 0. The van der Waals surface area contributed by atoms with Crippen LogP contribution in [0.2, 0.25) is 0 Å². The Bertz CT molecular complexity index is 1270. The van der Waals surface area contributed by atoms with E-state index in [0.717, 1.165) is 18.4 Å². The lowest BCUT2D eigenvalue weighted by molar-refractivity contribution is -0.384. The van der Waals surface area contributed by atoms with E-state index in [1.807, 2.05) is 37.3 Å². The number of hydrogen-bond donors (Lipinski definition) is 2. The van der Waals surface area contributed by atoms with Gasteiger partial charge in [-0.3, -0.25) is 25.0 Å². The Labute approximate surface area is 198 Å². The van der Waals surface area contributed by atoms with Crippen LogP contribution in [0.15, 0.2) is 64.4 Å². The summed E-state index contributed by atoms with van der Waals surface area (Å²) in [6.45, 7) is 10.6. The zero-order chi connectivity index (χ0) is 24.7. The molecule has 4 rings (SSSR count). The molecule has 1 fully saturated rings. The van der Waals surface area contributed by atoms with Crippen LogP contribution in [0.3, 0.4) is 0 Å².